The topological polar surface area (TPSA) is 92.0 Å². The first-order valence-corrected chi connectivity index (χ1v) is 32.0. The molecule has 0 amide bonds. The monoisotopic (exact) mass is 988 g/mol. The van der Waals surface area contributed by atoms with Crippen LogP contribution in [-0.2, 0) is 0 Å². The van der Waals surface area contributed by atoms with E-state index in [4.69, 9.17) is 0 Å². The van der Waals surface area contributed by atoms with Crippen LogP contribution < -0.4 is 5.32 Å². The van der Waals surface area contributed by atoms with E-state index in [0.29, 0.717) is 17.8 Å². The molecule has 4 heterocycles. The molecule has 0 bridgehead atoms. The lowest BCUT2D eigenvalue weighted by Crippen LogP contribution is -2.43. The Morgan fingerprint density at radius 2 is 0.775 bits per heavy atom. The van der Waals surface area contributed by atoms with Gasteiger partial charge in [0, 0.05) is 18.3 Å². The van der Waals surface area contributed by atoms with Gasteiger partial charge in [0.1, 0.15) is 6.33 Å². The number of aliphatic hydroxyl groups is 1. The van der Waals surface area contributed by atoms with Crippen LogP contribution in [0, 0.1) is 5.41 Å². The molecule has 8 nitrogen and oxygen atoms in total. The summed E-state index contributed by atoms with van der Waals surface area (Å²) in [6.07, 6.45) is 75.0. The molecule has 1 atom stereocenters. The standard InChI is InChI=1S/C63H117N7O/c71-61(60-47-48-62(65-57-60)70-59-66-67-68-70)58-69-55-51-63(52-56-69)49-45-43-41-39-37-35-33-31-29-27-25-23-21-19-17-15-13-11-9-7-5-3-1-2-4-6-8-10-12-14-16-18-20-22-24-26-28-30-32-34-36-38-40-42-44-46-53-64-54-50-63/h47-48,57,59,61,64,71H,1-46,49-56,58H2/t61-/m0/s1. The summed E-state index contributed by atoms with van der Waals surface area (Å²) < 4.78 is 1.54. The molecule has 2 fully saturated rings. The zero-order valence-electron chi connectivity index (χ0n) is 46.9. The summed E-state index contributed by atoms with van der Waals surface area (Å²) in [5.41, 5.74) is 1.29. The zero-order chi connectivity index (χ0) is 49.6. The van der Waals surface area contributed by atoms with E-state index in [-0.39, 0.29) is 0 Å². The van der Waals surface area contributed by atoms with E-state index in [1.807, 2.05) is 12.1 Å². The number of hydrogen-bond acceptors (Lipinski definition) is 7. The van der Waals surface area contributed by atoms with Gasteiger partial charge in [0.05, 0.1) is 6.10 Å². The molecule has 71 heavy (non-hydrogen) atoms. The van der Waals surface area contributed by atoms with Crippen LogP contribution in [0.25, 0.3) is 5.82 Å². The first-order chi connectivity index (χ1) is 35.2. The molecule has 2 aliphatic rings. The lowest BCUT2D eigenvalue weighted by Gasteiger charge is -2.43. The van der Waals surface area contributed by atoms with Crippen LogP contribution in [0.1, 0.15) is 333 Å². The molecule has 0 radical (unpaired) electrons. The van der Waals surface area contributed by atoms with E-state index < -0.39 is 6.10 Å². The van der Waals surface area contributed by atoms with Crippen molar-refractivity contribution < 1.29 is 5.11 Å². The minimum Gasteiger partial charge on any atom is -0.387 e. The maximum absolute atomic E-state index is 11.2. The third kappa shape index (κ3) is 32.9. The summed E-state index contributed by atoms with van der Waals surface area (Å²) in [7, 11) is 0. The Kier molecular flexibility index (Phi) is 38.6. The van der Waals surface area contributed by atoms with E-state index in [0.717, 1.165) is 25.2 Å². The number of hydrogen-bond donors (Lipinski definition) is 2. The number of aromatic nitrogens is 5. The van der Waals surface area contributed by atoms with Gasteiger partial charge in [-0.1, -0.05) is 295 Å². The number of rotatable bonds is 4. The zero-order valence-corrected chi connectivity index (χ0v) is 46.9. The Bertz CT molecular complexity index is 1340. The molecule has 2 aromatic rings. The van der Waals surface area contributed by atoms with Crippen molar-refractivity contribution in [1.82, 2.24) is 35.4 Å². The smallest absolute Gasteiger partial charge is 0.156 e. The molecule has 0 aromatic carbocycles. The molecule has 0 aliphatic carbocycles. The van der Waals surface area contributed by atoms with Gasteiger partial charge in [0.15, 0.2) is 5.82 Å². The molecular weight excluding hydrogens is 871 g/mol. The fourth-order valence-corrected chi connectivity index (χ4v) is 12.2. The second kappa shape index (κ2) is 44.4. The number of aliphatic hydroxyl groups excluding tert-OH is 1. The minimum absolute atomic E-state index is 0.436. The van der Waals surface area contributed by atoms with Crippen molar-refractivity contribution in [1.29, 1.82) is 0 Å². The van der Waals surface area contributed by atoms with Gasteiger partial charge >= 0.3 is 0 Å². The van der Waals surface area contributed by atoms with E-state index in [9.17, 15) is 5.11 Å². The van der Waals surface area contributed by atoms with Crippen LogP contribution in [0.4, 0.5) is 0 Å². The van der Waals surface area contributed by atoms with Gasteiger partial charge in [-0.3, -0.25) is 0 Å². The van der Waals surface area contributed by atoms with Crippen molar-refractivity contribution in [2.45, 2.75) is 327 Å². The van der Waals surface area contributed by atoms with Crippen molar-refractivity contribution in [3.05, 3.63) is 30.2 Å². The van der Waals surface area contributed by atoms with Crippen LogP contribution in [0.2, 0.25) is 0 Å². The first kappa shape index (κ1) is 61.6. The number of β-amino-alcohol motifs (C(OH)–C–C–N with tert-alkyl or cyclic N) is 1. The average Bonchev–Trinajstić information content (AvgIpc) is 3.94. The predicted octanol–water partition coefficient (Wildman–Crippen LogP) is 18.5. The van der Waals surface area contributed by atoms with E-state index >= 15 is 0 Å². The Labute approximate surface area is 440 Å². The number of tetrazole rings is 1. The number of piperidine rings is 1. The molecule has 2 N–H and O–H groups in total. The Morgan fingerprint density at radius 3 is 1.10 bits per heavy atom. The third-order valence-corrected chi connectivity index (χ3v) is 17.2. The second-order valence-electron chi connectivity index (χ2n) is 23.5. The summed E-state index contributed by atoms with van der Waals surface area (Å²) in [5, 5.41) is 26.4. The normalized spacial score (nSPS) is 23.3. The SMILES string of the molecule is O[C@@H](CN1CCC2(CCCCCCCCCCCCCCCCCCCCCCCCCCCCCCCCCCCCCCCCCCCCCCCCNCC2)CC1)c1ccc(-n2cnnn2)nc1. The average molecular weight is 989 g/mol. The summed E-state index contributed by atoms with van der Waals surface area (Å²) >= 11 is 0. The van der Waals surface area contributed by atoms with Crippen LogP contribution in [0.15, 0.2) is 24.7 Å². The number of nitrogens with zero attached hydrogens (tertiary/aromatic N) is 6. The van der Waals surface area contributed by atoms with Crippen molar-refractivity contribution in [3.63, 3.8) is 0 Å². The molecule has 410 valence electrons. The van der Waals surface area contributed by atoms with E-state index in [1.54, 1.807) is 17.2 Å². The van der Waals surface area contributed by atoms with E-state index in [2.05, 4.69) is 30.7 Å². The van der Waals surface area contributed by atoms with Gasteiger partial charge in [0.25, 0.3) is 0 Å². The Balaban J connectivity index is 1.07. The van der Waals surface area contributed by atoms with Crippen molar-refractivity contribution in [2.75, 3.05) is 32.7 Å². The molecule has 2 aliphatic heterocycles. The third-order valence-electron chi connectivity index (χ3n) is 17.2. The molecule has 2 saturated heterocycles. The lowest BCUT2D eigenvalue weighted by atomic mass is 9.72. The highest BCUT2D eigenvalue weighted by molar-refractivity contribution is 5.25. The summed E-state index contributed by atoms with van der Waals surface area (Å²) in [5.74, 6) is 0.662. The van der Waals surface area contributed by atoms with Crippen LogP contribution >= 0.6 is 0 Å². The van der Waals surface area contributed by atoms with Crippen molar-refractivity contribution in [3.8, 4) is 5.82 Å². The molecule has 8 heteroatoms. The number of pyridine rings is 1. The fraction of sp³-hybridized carbons (Fsp3) is 0.905. The highest BCUT2D eigenvalue weighted by Crippen LogP contribution is 2.40. The molecule has 1 spiro atoms. The maximum atomic E-state index is 11.2. The largest absolute Gasteiger partial charge is 0.387 e. The Hall–Kier alpha value is -1.90. The second-order valence-corrected chi connectivity index (χ2v) is 23.5. The van der Waals surface area contributed by atoms with Crippen LogP contribution in [-0.4, -0.2) is 67.9 Å². The van der Waals surface area contributed by atoms with Gasteiger partial charge in [-0.05, 0) is 80.2 Å². The van der Waals surface area contributed by atoms with Crippen LogP contribution in [0.3, 0.4) is 0 Å². The summed E-state index contributed by atoms with van der Waals surface area (Å²) in [6, 6.07) is 3.84. The van der Waals surface area contributed by atoms with Crippen LogP contribution in [0.5, 0.6) is 0 Å². The van der Waals surface area contributed by atoms with Gasteiger partial charge in [-0.25, -0.2) is 4.98 Å². The van der Waals surface area contributed by atoms with Gasteiger partial charge in [-0.15, -0.1) is 5.10 Å². The fourth-order valence-electron chi connectivity index (χ4n) is 12.2. The highest BCUT2D eigenvalue weighted by Gasteiger charge is 2.34. The molecule has 0 unspecified atom stereocenters. The van der Waals surface area contributed by atoms with E-state index in [1.165, 1.54) is 328 Å². The summed E-state index contributed by atoms with van der Waals surface area (Å²) in [6.45, 7) is 5.15. The number of nitrogens with one attached hydrogen (secondary N) is 1. The molecule has 4 rings (SSSR count). The van der Waals surface area contributed by atoms with Gasteiger partial charge in [-0.2, -0.15) is 4.68 Å². The first-order valence-electron chi connectivity index (χ1n) is 32.0. The van der Waals surface area contributed by atoms with Gasteiger partial charge < -0.3 is 15.3 Å². The highest BCUT2D eigenvalue weighted by atomic mass is 16.3. The maximum Gasteiger partial charge on any atom is 0.156 e. The summed E-state index contributed by atoms with van der Waals surface area (Å²) in [4.78, 5) is 7.00. The molecule has 2 aromatic heterocycles. The lowest BCUT2D eigenvalue weighted by molar-refractivity contribution is 0.0472. The van der Waals surface area contributed by atoms with Crippen molar-refractivity contribution in [2.24, 2.45) is 5.41 Å². The van der Waals surface area contributed by atoms with Gasteiger partial charge in [0.2, 0.25) is 0 Å². The molecular formula is C63H117N7O. The Morgan fingerprint density at radius 1 is 0.423 bits per heavy atom. The minimum atomic E-state index is -0.543. The predicted molar refractivity (Wildman–Crippen MR) is 305 cm³/mol. The molecule has 0 saturated carbocycles. The van der Waals surface area contributed by atoms with Crippen molar-refractivity contribution >= 4 is 0 Å². The quantitative estimate of drug-likeness (QED) is 0.315. The number of likely N-dealkylation sites (tertiary alicyclic amines) is 1.